The van der Waals surface area contributed by atoms with E-state index in [1.54, 1.807) is 0 Å². The second-order valence-electron chi connectivity index (χ2n) is 5.01. The highest BCUT2D eigenvalue weighted by Crippen LogP contribution is 2.23. The van der Waals surface area contributed by atoms with E-state index in [2.05, 4.69) is 50.8 Å². The quantitative estimate of drug-likeness (QED) is 0.598. The molecule has 2 N–H and O–H groups in total. The highest BCUT2D eigenvalue weighted by atomic mass is 15.1. The van der Waals surface area contributed by atoms with Gasteiger partial charge in [0.05, 0.1) is 17.4 Å². The van der Waals surface area contributed by atoms with Crippen molar-refractivity contribution in [3.63, 3.8) is 0 Å². The molecular formula is C17H14N4. The summed E-state index contributed by atoms with van der Waals surface area (Å²) < 4.78 is 0. The number of rotatable bonds is 3. The van der Waals surface area contributed by atoms with Crippen LogP contribution in [-0.4, -0.2) is 15.2 Å². The Kier molecular flexibility index (Phi) is 2.78. The van der Waals surface area contributed by atoms with Crippen molar-refractivity contribution in [3.8, 4) is 0 Å². The molecular weight excluding hydrogens is 260 g/mol. The van der Waals surface area contributed by atoms with Crippen molar-refractivity contribution in [1.82, 2.24) is 15.2 Å². The van der Waals surface area contributed by atoms with Crippen LogP contribution < -0.4 is 5.32 Å². The van der Waals surface area contributed by atoms with E-state index in [0.717, 1.165) is 28.5 Å². The zero-order valence-electron chi connectivity index (χ0n) is 11.4. The van der Waals surface area contributed by atoms with Gasteiger partial charge < -0.3 is 5.32 Å². The number of fused-ring (bicyclic) bond motifs is 2. The topological polar surface area (TPSA) is 53.6 Å². The summed E-state index contributed by atoms with van der Waals surface area (Å²) in [5, 5.41) is 14.1. The molecule has 0 bridgehead atoms. The minimum Gasteiger partial charge on any atom is -0.379 e. The van der Waals surface area contributed by atoms with Crippen LogP contribution in [0.2, 0.25) is 0 Å². The van der Waals surface area contributed by atoms with Gasteiger partial charge in [-0.05, 0) is 23.1 Å². The summed E-state index contributed by atoms with van der Waals surface area (Å²) in [7, 11) is 0. The van der Waals surface area contributed by atoms with Crippen molar-refractivity contribution in [2.75, 3.05) is 5.32 Å². The minimum absolute atomic E-state index is 0.763. The smallest absolute Gasteiger partial charge is 0.0881 e. The SMILES string of the molecule is c1cc(CNc2cccc3cn[nH]c23)c2ccncc2c1. The fourth-order valence-corrected chi connectivity index (χ4v) is 2.65. The van der Waals surface area contributed by atoms with Crippen molar-refractivity contribution in [2.24, 2.45) is 0 Å². The first-order valence-corrected chi connectivity index (χ1v) is 6.89. The molecule has 2 aromatic heterocycles. The Morgan fingerprint density at radius 2 is 1.86 bits per heavy atom. The molecule has 4 heteroatoms. The predicted octanol–water partition coefficient (Wildman–Crippen LogP) is 3.72. The van der Waals surface area contributed by atoms with Crippen LogP contribution in [0.15, 0.2) is 61.1 Å². The zero-order valence-corrected chi connectivity index (χ0v) is 11.4. The van der Waals surface area contributed by atoms with Crippen molar-refractivity contribution in [3.05, 3.63) is 66.6 Å². The standard InChI is InChI=1S/C17H14N4/c1-3-12-9-18-8-7-15(12)13(4-1)10-19-16-6-2-5-14-11-20-21-17(14)16/h1-9,11,19H,10H2,(H,20,21). The second kappa shape index (κ2) is 4.90. The van der Waals surface area contributed by atoms with Gasteiger partial charge in [-0.1, -0.05) is 30.3 Å². The molecule has 0 spiro atoms. The van der Waals surface area contributed by atoms with E-state index in [-0.39, 0.29) is 0 Å². The Morgan fingerprint density at radius 3 is 2.86 bits per heavy atom. The summed E-state index contributed by atoms with van der Waals surface area (Å²) in [5.41, 5.74) is 3.36. The molecule has 2 aromatic carbocycles. The molecule has 21 heavy (non-hydrogen) atoms. The number of hydrogen-bond acceptors (Lipinski definition) is 3. The number of para-hydroxylation sites is 1. The highest BCUT2D eigenvalue weighted by molar-refractivity contribution is 5.90. The Labute approximate surface area is 121 Å². The highest BCUT2D eigenvalue weighted by Gasteiger charge is 2.04. The van der Waals surface area contributed by atoms with Gasteiger partial charge in [-0.2, -0.15) is 5.10 Å². The van der Waals surface area contributed by atoms with Crippen LogP contribution in [0.4, 0.5) is 5.69 Å². The number of nitrogens with one attached hydrogen (secondary N) is 2. The third-order valence-corrected chi connectivity index (χ3v) is 3.72. The summed E-state index contributed by atoms with van der Waals surface area (Å²) in [6.45, 7) is 0.763. The fourth-order valence-electron chi connectivity index (χ4n) is 2.65. The lowest BCUT2D eigenvalue weighted by Crippen LogP contribution is -2.00. The monoisotopic (exact) mass is 274 g/mol. The number of nitrogens with zero attached hydrogens (tertiary/aromatic N) is 2. The summed E-state index contributed by atoms with van der Waals surface area (Å²) in [6.07, 6.45) is 5.57. The van der Waals surface area contributed by atoms with E-state index in [9.17, 15) is 0 Å². The van der Waals surface area contributed by atoms with Crippen LogP contribution in [0.25, 0.3) is 21.7 Å². The van der Waals surface area contributed by atoms with Crippen molar-refractivity contribution in [2.45, 2.75) is 6.54 Å². The summed E-state index contributed by atoms with van der Waals surface area (Å²) in [5.74, 6) is 0. The molecule has 0 aliphatic heterocycles. The number of anilines is 1. The van der Waals surface area contributed by atoms with Gasteiger partial charge in [0.2, 0.25) is 0 Å². The third-order valence-electron chi connectivity index (χ3n) is 3.72. The van der Waals surface area contributed by atoms with Crippen LogP contribution in [0, 0.1) is 0 Å². The van der Waals surface area contributed by atoms with Gasteiger partial charge in [0, 0.05) is 29.7 Å². The van der Waals surface area contributed by atoms with Crippen LogP contribution >= 0.6 is 0 Å². The average molecular weight is 274 g/mol. The first kappa shape index (κ1) is 11.9. The van der Waals surface area contributed by atoms with E-state index in [1.165, 1.54) is 10.9 Å². The summed E-state index contributed by atoms with van der Waals surface area (Å²) in [4.78, 5) is 4.17. The van der Waals surface area contributed by atoms with E-state index < -0.39 is 0 Å². The molecule has 4 aromatic rings. The number of H-pyrrole nitrogens is 1. The number of hydrogen-bond donors (Lipinski definition) is 2. The first-order chi connectivity index (χ1) is 10.4. The molecule has 4 nitrogen and oxygen atoms in total. The molecule has 0 saturated heterocycles. The molecule has 0 amide bonds. The van der Waals surface area contributed by atoms with E-state index in [4.69, 9.17) is 0 Å². The van der Waals surface area contributed by atoms with Crippen molar-refractivity contribution >= 4 is 27.4 Å². The van der Waals surface area contributed by atoms with Gasteiger partial charge in [-0.25, -0.2) is 0 Å². The lowest BCUT2D eigenvalue weighted by atomic mass is 10.1. The van der Waals surface area contributed by atoms with Crippen LogP contribution in [0.1, 0.15) is 5.56 Å². The van der Waals surface area contributed by atoms with Gasteiger partial charge in [-0.15, -0.1) is 0 Å². The molecule has 4 rings (SSSR count). The molecule has 0 aliphatic carbocycles. The number of aromatic amines is 1. The van der Waals surface area contributed by atoms with Gasteiger partial charge in [0.1, 0.15) is 0 Å². The van der Waals surface area contributed by atoms with Gasteiger partial charge in [0.15, 0.2) is 0 Å². The van der Waals surface area contributed by atoms with E-state index in [0.29, 0.717) is 0 Å². The molecule has 102 valence electrons. The summed E-state index contributed by atoms with van der Waals surface area (Å²) >= 11 is 0. The van der Waals surface area contributed by atoms with E-state index >= 15 is 0 Å². The van der Waals surface area contributed by atoms with Crippen molar-refractivity contribution in [1.29, 1.82) is 0 Å². The molecule has 0 unspecified atom stereocenters. The number of aromatic nitrogens is 3. The maximum Gasteiger partial charge on any atom is 0.0881 e. The van der Waals surface area contributed by atoms with Gasteiger partial charge >= 0.3 is 0 Å². The van der Waals surface area contributed by atoms with Crippen LogP contribution in [-0.2, 0) is 6.54 Å². The summed E-state index contributed by atoms with van der Waals surface area (Å²) in [6, 6.07) is 14.5. The van der Waals surface area contributed by atoms with Crippen LogP contribution in [0.3, 0.4) is 0 Å². The Morgan fingerprint density at radius 1 is 0.952 bits per heavy atom. The fraction of sp³-hybridized carbons (Fsp3) is 0.0588. The lowest BCUT2D eigenvalue weighted by molar-refractivity contribution is 1.11. The maximum absolute atomic E-state index is 4.17. The van der Waals surface area contributed by atoms with Crippen LogP contribution in [0.5, 0.6) is 0 Å². The van der Waals surface area contributed by atoms with Gasteiger partial charge in [-0.3, -0.25) is 10.1 Å². The molecule has 0 fully saturated rings. The third kappa shape index (κ3) is 2.10. The molecule has 0 aliphatic rings. The first-order valence-electron chi connectivity index (χ1n) is 6.89. The second-order valence-corrected chi connectivity index (χ2v) is 5.01. The van der Waals surface area contributed by atoms with Crippen molar-refractivity contribution < 1.29 is 0 Å². The Balaban J connectivity index is 1.68. The number of benzene rings is 2. The molecule has 0 radical (unpaired) electrons. The zero-order chi connectivity index (χ0) is 14.1. The predicted molar refractivity (Wildman–Crippen MR) is 85.2 cm³/mol. The maximum atomic E-state index is 4.17. The molecule has 0 atom stereocenters. The Hall–Kier alpha value is -2.88. The lowest BCUT2D eigenvalue weighted by Gasteiger charge is -2.10. The average Bonchev–Trinajstić information content (AvgIpc) is 3.02. The largest absolute Gasteiger partial charge is 0.379 e. The normalized spacial score (nSPS) is 11.0. The van der Waals surface area contributed by atoms with Gasteiger partial charge in [0.25, 0.3) is 0 Å². The van der Waals surface area contributed by atoms with E-state index in [1.807, 2.05) is 30.7 Å². The Bertz CT molecular complexity index is 905. The molecule has 2 heterocycles. The number of pyridine rings is 1. The minimum atomic E-state index is 0.763. The molecule has 0 saturated carbocycles.